The smallest absolute Gasteiger partial charge is 0.252 e. The molecule has 1 saturated heterocycles. The maximum Gasteiger partial charge on any atom is 0.252 e. The van der Waals surface area contributed by atoms with E-state index in [0.717, 1.165) is 19.0 Å². The molecule has 0 saturated carbocycles. The van der Waals surface area contributed by atoms with Gasteiger partial charge >= 0.3 is 0 Å². The standard InChI is InChI=1S/C21H25ClFN5O.HI/c1-24-21(26-11-10-25-20(29)16-6-2-3-7-17(16)22)28-14-12-27(13-15-28)19-9-5-4-8-18(19)23;/h2-9H,10-15H2,1H3,(H,24,26)(H,25,29);1H. The molecule has 6 nitrogen and oxygen atoms in total. The maximum absolute atomic E-state index is 14.0. The molecule has 1 aliphatic heterocycles. The van der Waals surface area contributed by atoms with Crippen molar-refractivity contribution in [1.82, 2.24) is 15.5 Å². The highest BCUT2D eigenvalue weighted by molar-refractivity contribution is 14.0. The Hall–Kier alpha value is -2.07. The zero-order valence-electron chi connectivity index (χ0n) is 16.8. The van der Waals surface area contributed by atoms with Crippen molar-refractivity contribution in [1.29, 1.82) is 0 Å². The molecule has 3 rings (SSSR count). The van der Waals surface area contributed by atoms with Gasteiger partial charge in [0.05, 0.1) is 16.3 Å². The molecule has 1 heterocycles. The van der Waals surface area contributed by atoms with Gasteiger partial charge in [-0.15, -0.1) is 24.0 Å². The monoisotopic (exact) mass is 545 g/mol. The largest absolute Gasteiger partial charge is 0.366 e. The fourth-order valence-electron chi connectivity index (χ4n) is 3.29. The van der Waals surface area contributed by atoms with E-state index in [1.54, 1.807) is 43.4 Å². The van der Waals surface area contributed by atoms with E-state index in [1.165, 1.54) is 6.07 Å². The van der Waals surface area contributed by atoms with Gasteiger partial charge < -0.3 is 20.4 Å². The van der Waals surface area contributed by atoms with Crippen LogP contribution in [0.5, 0.6) is 0 Å². The summed E-state index contributed by atoms with van der Waals surface area (Å²) in [5.74, 6) is 0.369. The Morgan fingerprint density at radius 3 is 2.33 bits per heavy atom. The molecule has 0 bridgehead atoms. The minimum absolute atomic E-state index is 0. The van der Waals surface area contributed by atoms with Crippen LogP contribution in [0, 0.1) is 5.82 Å². The molecular formula is C21H26ClFIN5O. The Kier molecular flexibility index (Phi) is 9.64. The fraction of sp³-hybridized carbons (Fsp3) is 0.333. The van der Waals surface area contributed by atoms with E-state index in [2.05, 4.69) is 20.5 Å². The number of benzene rings is 2. The number of guanidine groups is 1. The van der Waals surface area contributed by atoms with Crippen LogP contribution >= 0.6 is 35.6 Å². The molecule has 0 aliphatic carbocycles. The van der Waals surface area contributed by atoms with Crippen molar-refractivity contribution in [2.45, 2.75) is 0 Å². The summed E-state index contributed by atoms with van der Waals surface area (Å²) >= 11 is 6.04. The van der Waals surface area contributed by atoms with Crippen molar-refractivity contribution in [3.63, 3.8) is 0 Å². The number of hydrogen-bond donors (Lipinski definition) is 2. The van der Waals surface area contributed by atoms with Gasteiger partial charge in [0.1, 0.15) is 5.82 Å². The third kappa shape index (κ3) is 6.21. The molecule has 0 aromatic heterocycles. The quantitative estimate of drug-likeness (QED) is 0.262. The van der Waals surface area contributed by atoms with Crippen LogP contribution in [0.25, 0.3) is 0 Å². The van der Waals surface area contributed by atoms with E-state index in [9.17, 15) is 9.18 Å². The number of anilines is 1. The summed E-state index contributed by atoms with van der Waals surface area (Å²) in [6, 6.07) is 13.8. The summed E-state index contributed by atoms with van der Waals surface area (Å²) in [4.78, 5) is 20.7. The van der Waals surface area contributed by atoms with Gasteiger partial charge in [-0.3, -0.25) is 9.79 Å². The van der Waals surface area contributed by atoms with Gasteiger partial charge in [0.25, 0.3) is 5.91 Å². The Labute approximate surface area is 198 Å². The summed E-state index contributed by atoms with van der Waals surface area (Å²) in [6.45, 7) is 3.88. The molecule has 30 heavy (non-hydrogen) atoms. The van der Waals surface area contributed by atoms with Crippen LogP contribution in [0.15, 0.2) is 53.5 Å². The summed E-state index contributed by atoms with van der Waals surface area (Å²) in [5, 5.41) is 6.54. The molecule has 1 aliphatic rings. The molecule has 0 atom stereocenters. The number of amides is 1. The van der Waals surface area contributed by atoms with Gasteiger partial charge in [0.15, 0.2) is 5.96 Å². The number of para-hydroxylation sites is 1. The number of nitrogens with zero attached hydrogens (tertiary/aromatic N) is 3. The van der Waals surface area contributed by atoms with Crippen molar-refractivity contribution in [2.75, 3.05) is 51.2 Å². The molecule has 2 aromatic rings. The lowest BCUT2D eigenvalue weighted by molar-refractivity contribution is 0.0954. The van der Waals surface area contributed by atoms with Crippen molar-refractivity contribution in [2.24, 2.45) is 4.99 Å². The molecule has 2 N–H and O–H groups in total. The first kappa shape index (κ1) is 24.2. The van der Waals surface area contributed by atoms with Crippen molar-refractivity contribution < 1.29 is 9.18 Å². The second-order valence-electron chi connectivity index (χ2n) is 6.64. The first-order valence-corrected chi connectivity index (χ1v) is 9.95. The Morgan fingerprint density at radius 1 is 1.03 bits per heavy atom. The molecule has 162 valence electrons. The van der Waals surface area contributed by atoms with E-state index in [-0.39, 0.29) is 35.7 Å². The normalized spacial score (nSPS) is 14.2. The van der Waals surface area contributed by atoms with Crippen LogP contribution < -0.4 is 15.5 Å². The second kappa shape index (κ2) is 11.9. The van der Waals surface area contributed by atoms with Crippen LogP contribution in [0.1, 0.15) is 10.4 Å². The predicted molar refractivity (Wildman–Crippen MR) is 131 cm³/mol. The van der Waals surface area contributed by atoms with Crippen LogP contribution in [0.2, 0.25) is 5.02 Å². The number of carbonyl (C=O) groups excluding carboxylic acids is 1. The van der Waals surface area contributed by atoms with Gasteiger partial charge in [-0.1, -0.05) is 35.9 Å². The number of hydrogen-bond acceptors (Lipinski definition) is 3. The van der Waals surface area contributed by atoms with Crippen LogP contribution in [0.4, 0.5) is 10.1 Å². The lowest BCUT2D eigenvalue weighted by Gasteiger charge is -2.37. The highest BCUT2D eigenvalue weighted by Gasteiger charge is 2.21. The summed E-state index contributed by atoms with van der Waals surface area (Å²) in [7, 11) is 1.73. The Balaban J connectivity index is 0.00000320. The zero-order valence-corrected chi connectivity index (χ0v) is 19.9. The zero-order chi connectivity index (χ0) is 20.6. The molecule has 1 amide bonds. The minimum atomic E-state index is -0.203. The first-order valence-electron chi connectivity index (χ1n) is 9.58. The van der Waals surface area contributed by atoms with Crippen molar-refractivity contribution in [3.05, 3.63) is 64.9 Å². The third-order valence-electron chi connectivity index (χ3n) is 4.80. The average molecular weight is 546 g/mol. The maximum atomic E-state index is 14.0. The molecule has 0 unspecified atom stereocenters. The SMILES string of the molecule is CN=C(NCCNC(=O)c1ccccc1Cl)N1CCN(c2ccccc2F)CC1.I. The third-order valence-corrected chi connectivity index (χ3v) is 5.13. The molecule has 0 spiro atoms. The number of rotatable bonds is 5. The highest BCUT2D eigenvalue weighted by Crippen LogP contribution is 2.20. The van der Waals surface area contributed by atoms with Gasteiger partial charge in [-0.2, -0.15) is 0 Å². The van der Waals surface area contributed by atoms with Gasteiger partial charge in [-0.05, 0) is 24.3 Å². The number of piperazine rings is 1. The highest BCUT2D eigenvalue weighted by atomic mass is 127. The summed E-state index contributed by atoms with van der Waals surface area (Å²) in [6.07, 6.45) is 0. The Morgan fingerprint density at radius 2 is 1.67 bits per heavy atom. The van der Waals surface area contributed by atoms with Gasteiger partial charge in [0.2, 0.25) is 0 Å². The van der Waals surface area contributed by atoms with Gasteiger partial charge in [0, 0.05) is 46.3 Å². The summed E-state index contributed by atoms with van der Waals surface area (Å²) < 4.78 is 14.0. The molecule has 0 radical (unpaired) electrons. The molecule has 2 aromatic carbocycles. The number of nitrogens with one attached hydrogen (secondary N) is 2. The van der Waals surface area contributed by atoms with Gasteiger partial charge in [-0.25, -0.2) is 4.39 Å². The van der Waals surface area contributed by atoms with Crippen LogP contribution in [-0.4, -0.2) is 63.1 Å². The van der Waals surface area contributed by atoms with Crippen LogP contribution in [0.3, 0.4) is 0 Å². The van der Waals surface area contributed by atoms with E-state index in [1.807, 2.05) is 11.0 Å². The first-order chi connectivity index (χ1) is 14.1. The lowest BCUT2D eigenvalue weighted by Crippen LogP contribution is -2.53. The number of halogens is 3. The second-order valence-corrected chi connectivity index (χ2v) is 7.04. The molecule has 9 heteroatoms. The fourth-order valence-corrected chi connectivity index (χ4v) is 3.51. The van der Waals surface area contributed by atoms with E-state index in [0.29, 0.717) is 42.5 Å². The average Bonchev–Trinajstić information content (AvgIpc) is 2.75. The van der Waals surface area contributed by atoms with Crippen molar-refractivity contribution in [3.8, 4) is 0 Å². The predicted octanol–water partition coefficient (Wildman–Crippen LogP) is 3.22. The molecular weight excluding hydrogens is 520 g/mol. The summed E-state index contributed by atoms with van der Waals surface area (Å²) in [5.41, 5.74) is 1.10. The molecule has 1 fully saturated rings. The number of carbonyl (C=O) groups is 1. The van der Waals surface area contributed by atoms with Crippen LogP contribution in [-0.2, 0) is 0 Å². The van der Waals surface area contributed by atoms with E-state index < -0.39 is 0 Å². The van der Waals surface area contributed by atoms with E-state index in [4.69, 9.17) is 11.6 Å². The topological polar surface area (TPSA) is 60.0 Å². The minimum Gasteiger partial charge on any atom is -0.366 e. The number of aliphatic imine (C=N–C) groups is 1. The Bertz CT molecular complexity index is 874. The van der Waals surface area contributed by atoms with E-state index >= 15 is 0 Å². The lowest BCUT2D eigenvalue weighted by atomic mass is 10.2. The van der Waals surface area contributed by atoms with Crippen molar-refractivity contribution >= 4 is 53.1 Å².